The molecule has 2 aromatic rings. The van der Waals surface area contributed by atoms with Crippen molar-refractivity contribution < 1.29 is 29.3 Å². The van der Waals surface area contributed by atoms with Crippen LogP contribution < -0.4 is 9.47 Å². The molecule has 7 heteroatoms. The van der Waals surface area contributed by atoms with Crippen molar-refractivity contribution >= 4 is 17.8 Å². The molecular formula is C27H27NO6. The molecule has 2 aliphatic heterocycles. The summed E-state index contributed by atoms with van der Waals surface area (Å²) in [4.78, 5) is 24.9. The van der Waals surface area contributed by atoms with Crippen molar-refractivity contribution in [1.82, 2.24) is 4.90 Å². The van der Waals surface area contributed by atoms with Gasteiger partial charge in [-0.1, -0.05) is 36.4 Å². The van der Waals surface area contributed by atoms with E-state index in [0.29, 0.717) is 17.9 Å². The molecule has 2 aliphatic carbocycles. The lowest BCUT2D eigenvalue weighted by Crippen LogP contribution is -2.74. The Balaban J connectivity index is 0.000000186. The van der Waals surface area contributed by atoms with Crippen LogP contribution in [0, 0.1) is 0 Å². The van der Waals surface area contributed by atoms with Gasteiger partial charge < -0.3 is 19.7 Å². The number of piperidine rings is 1. The summed E-state index contributed by atoms with van der Waals surface area (Å²) in [6, 6.07) is 13.2. The first-order valence-corrected chi connectivity index (χ1v) is 11.3. The topological polar surface area (TPSA) is 96.3 Å². The molecule has 4 aliphatic rings. The number of carbonyl (C=O) groups is 2. The van der Waals surface area contributed by atoms with Gasteiger partial charge in [0, 0.05) is 17.7 Å². The summed E-state index contributed by atoms with van der Waals surface area (Å²) in [6.07, 6.45) is 6.68. The second kappa shape index (κ2) is 8.11. The predicted octanol–water partition coefficient (Wildman–Crippen LogP) is 2.61. The zero-order valence-electron chi connectivity index (χ0n) is 19.1. The van der Waals surface area contributed by atoms with Crippen LogP contribution in [0.4, 0.5) is 0 Å². The van der Waals surface area contributed by atoms with Crippen molar-refractivity contribution in [2.45, 2.75) is 36.0 Å². The highest BCUT2D eigenvalue weighted by atomic mass is 16.5. The minimum Gasteiger partial charge on any atom is -0.493 e. The highest BCUT2D eigenvalue weighted by Crippen LogP contribution is 2.63. The highest BCUT2D eigenvalue weighted by Gasteiger charge is 2.71. The van der Waals surface area contributed by atoms with Crippen molar-refractivity contribution in [3.63, 3.8) is 0 Å². The number of benzene rings is 2. The Bertz CT molecular complexity index is 1210. The van der Waals surface area contributed by atoms with Crippen LogP contribution in [-0.2, 0) is 21.4 Å². The lowest BCUT2D eigenvalue weighted by molar-refractivity contribution is -0.151. The van der Waals surface area contributed by atoms with Gasteiger partial charge in [-0.2, -0.15) is 0 Å². The van der Waals surface area contributed by atoms with E-state index in [1.54, 1.807) is 19.3 Å². The summed E-state index contributed by atoms with van der Waals surface area (Å²) >= 11 is 0. The third-order valence-electron chi connectivity index (χ3n) is 7.56. The molecule has 0 unspecified atom stereocenters. The van der Waals surface area contributed by atoms with Crippen molar-refractivity contribution in [2.24, 2.45) is 0 Å². The number of carboxylic acids is 1. The van der Waals surface area contributed by atoms with Crippen LogP contribution in [0.3, 0.4) is 0 Å². The lowest BCUT2D eigenvalue weighted by Gasteiger charge is -2.60. The number of carboxylic acid groups (broad SMARTS) is 1. The Labute approximate surface area is 197 Å². The molecule has 2 heterocycles. The number of likely N-dealkylation sites (N-methyl/N-ethyl adjacent to an activating group) is 1. The summed E-state index contributed by atoms with van der Waals surface area (Å²) in [5, 5.41) is 20.0. The van der Waals surface area contributed by atoms with Crippen LogP contribution in [0.2, 0.25) is 0 Å². The molecule has 0 aromatic heterocycles. The van der Waals surface area contributed by atoms with Gasteiger partial charge >= 0.3 is 5.97 Å². The van der Waals surface area contributed by atoms with E-state index in [1.807, 2.05) is 43.4 Å². The van der Waals surface area contributed by atoms with Gasteiger partial charge in [-0.3, -0.25) is 9.69 Å². The van der Waals surface area contributed by atoms with Crippen molar-refractivity contribution in [2.75, 3.05) is 20.7 Å². The summed E-state index contributed by atoms with van der Waals surface area (Å²) < 4.78 is 11.6. The van der Waals surface area contributed by atoms with Crippen molar-refractivity contribution in [1.29, 1.82) is 0 Å². The van der Waals surface area contributed by atoms with E-state index in [0.717, 1.165) is 35.7 Å². The predicted molar refractivity (Wildman–Crippen MR) is 126 cm³/mol. The van der Waals surface area contributed by atoms with Crippen LogP contribution in [0.1, 0.15) is 23.1 Å². The van der Waals surface area contributed by atoms with E-state index >= 15 is 0 Å². The van der Waals surface area contributed by atoms with Crippen LogP contribution in [-0.4, -0.2) is 65.3 Å². The Hall–Kier alpha value is -3.42. The molecule has 1 saturated heterocycles. The molecule has 0 radical (unpaired) electrons. The zero-order valence-corrected chi connectivity index (χ0v) is 19.1. The maximum Gasteiger partial charge on any atom is 0.328 e. The van der Waals surface area contributed by atoms with Crippen molar-refractivity contribution in [3.8, 4) is 11.5 Å². The molecule has 2 aromatic carbocycles. The molecular weight excluding hydrogens is 434 g/mol. The fraction of sp³-hybridized carbons (Fsp3) is 0.333. The Morgan fingerprint density at radius 1 is 1.24 bits per heavy atom. The van der Waals surface area contributed by atoms with E-state index in [-0.39, 0.29) is 11.8 Å². The molecule has 2 bridgehead atoms. The Morgan fingerprint density at radius 3 is 2.71 bits per heavy atom. The monoisotopic (exact) mass is 461 g/mol. The maximum atomic E-state index is 12.6. The third kappa shape index (κ3) is 3.11. The summed E-state index contributed by atoms with van der Waals surface area (Å²) in [7, 11) is 3.65. The van der Waals surface area contributed by atoms with Crippen LogP contribution in [0.5, 0.6) is 11.5 Å². The number of ether oxygens (including phenoxy) is 2. The zero-order chi connectivity index (χ0) is 24.1. The standard InChI is InChI=1S/C18H19NO4.C9H8O2/c1-19-8-7-17-14-10-3-4-12(22-2)15(14)23-16(17)11(20)5-6-18(17,21)13(19)9-10;10-9(11)7-6-8-4-2-1-3-5-8/h3-6,13,16,21H,7-9H2,1-2H3;1-7H,(H,10,11)/b;7-6+/t13-,16+,17+,18-;/m1./s1. The maximum absolute atomic E-state index is 12.6. The normalized spacial score (nSPS) is 30.3. The van der Waals surface area contributed by atoms with Gasteiger partial charge in [-0.05, 0) is 61.9 Å². The van der Waals surface area contributed by atoms with Crippen LogP contribution in [0.15, 0.2) is 60.7 Å². The molecule has 2 N–H and O–H groups in total. The molecule has 176 valence electrons. The van der Waals surface area contributed by atoms with E-state index < -0.39 is 23.1 Å². The number of nitrogens with zero attached hydrogens (tertiary/aromatic N) is 1. The second-order valence-corrected chi connectivity index (χ2v) is 9.19. The Morgan fingerprint density at radius 2 is 2.00 bits per heavy atom. The number of methoxy groups -OCH3 is 1. The van der Waals surface area contributed by atoms with Gasteiger partial charge in [-0.25, -0.2) is 4.79 Å². The van der Waals surface area contributed by atoms with Gasteiger partial charge in [0.1, 0.15) is 5.60 Å². The minimum absolute atomic E-state index is 0.0430. The van der Waals surface area contributed by atoms with Gasteiger partial charge in [0.2, 0.25) is 0 Å². The number of carbonyl (C=O) groups excluding carboxylic acids is 1. The molecule has 6 rings (SSSR count). The first-order valence-electron chi connectivity index (χ1n) is 11.3. The number of hydrogen-bond donors (Lipinski definition) is 2. The first-order chi connectivity index (χ1) is 16.3. The van der Waals surface area contributed by atoms with Crippen LogP contribution >= 0.6 is 0 Å². The molecule has 4 atom stereocenters. The van der Waals surface area contributed by atoms with Gasteiger partial charge in [0.05, 0.1) is 12.5 Å². The van der Waals surface area contributed by atoms with Gasteiger partial charge in [0.15, 0.2) is 23.4 Å². The third-order valence-corrected chi connectivity index (χ3v) is 7.56. The van der Waals surface area contributed by atoms with Crippen molar-refractivity contribution in [3.05, 3.63) is 77.4 Å². The van der Waals surface area contributed by atoms with Gasteiger partial charge in [-0.15, -0.1) is 0 Å². The number of hydrogen-bond acceptors (Lipinski definition) is 6. The average Bonchev–Trinajstić information content (AvgIpc) is 3.19. The number of rotatable bonds is 3. The lowest BCUT2D eigenvalue weighted by atomic mass is 9.51. The summed E-state index contributed by atoms with van der Waals surface area (Å²) in [6.45, 7) is 0.837. The molecule has 1 spiro atoms. The highest BCUT2D eigenvalue weighted by molar-refractivity contribution is 5.99. The number of aliphatic hydroxyl groups is 1. The molecule has 7 nitrogen and oxygen atoms in total. The molecule has 0 saturated carbocycles. The smallest absolute Gasteiger partial charge is 0.328 e. The fourth-order valence-electron chi connectivity index (χ4n) is 6.01. The van der Waals surface area contributed by atoms with E-state index in [9.17, 15) is 14.7 Å². The quantitative estimate of drug-likeness (QED) is 0.679. The van der Waals surface area contributed by atoms with E-state index in [1.165, 1.54) is 6.08 Å². The van der Waals surface area contributed by atoms with Crippen LogP contribution in [0.25, 0.3) is 6.08 Å². The fourth-order valence-corrected chi connectivity index (χ4v) is 6.01. The Kier molecular flexibility index (Phi) is 5.34. The summed E-state index contributed by atoms with van der Waals surface area (Å²) in [5.41, 5.74) is 1.28. The largest absolute Gasteiger partial charge is 0.493 e. The second-order valence-electron chi connectivity index (χ2n) is 9.19. The average molecular weight is 462 g/mol. The first kappa shape index (κ1) is 22.4. The molecule has 0 amide bonds. The van der Waals surface area contributed by atoms with E-state index in [2.05, 4.69) is 11.0 Å². The molecule has 34 heavy (non-hydrogen) atoms. The number of likely N-dealkylation sites (tertiary alicyclic amines) is 1. The van der Waals surface area contributed by atoms with Gasteiger partial charge in [0.25, 0.3) is 0 Å². The SMILES string of the molecule is COc1ccc2c3c1O[C@H]1C(=O)C=C[C@@]4(O)[C@@H](C2)N(C)CC[C@]314.O=C(O)/C=C/c1ccccc1. The minimum atomic E-state index is -1.08. The number of aliphatic carboxylic acids is 1. The number of ketones is 1. The van der Waals surface area contributed by atoms with E-state index in [4.69, 9.17) is 14.6 Å². The molecule has 1 fully saturated rings. The summed E-state index contributed by atoms with van der Waals surface area (Å²) in [5.74, 6) is 0.298.